The van der Waals surface area contributed by atoms with E-state index in [-0.39, 0.29) is 6.61 Å². The molecule has 1 aromatic rings. The average molecular weight is 217 g/mol. The van der Waals surface area contributed by atoms with Gasteiger partial charge in [-0.25, -0.2) is 9.59 Å². The minimum Gasteiger partial charge on any atom is -0.357 e. The molecule has 0 saturated carbocycles. The minimum atomic E-state index is -1.10. The lowest BCUT2D eigenvalue weighted by atomic mass is 10.8. The first kappa shape index (κ1) is 10.5. The first-order valence-corrected chi connectivity index (χ1v) is 4.78. The predicted molar refractivity (Wildman–Crippen MR) is 49.1 cm³/mol. The predicted octanol–water partition coefficient (Wildman–Crippen LogP) is -0.810. The number of thioether (sulfide) groups is 1. The summed E-state index contributed by atoms with van der Waals surface area (Å²) in [4.78, 5) is 25.7. The molecule has 0 aromatic carbocycles. The zero-order valence-corrected chi connectivity index (χ0v) is 7.91. The Morgan fingerprint density at radius 2 is 2.07 bits per heavy atom. The molecular weight excluding hydrogens is 210 g/mol. The molecule has 7 heteroatoms. The van der Waals surface area contributed by atoms with E-state index in [0.717, 1.165) is 0 Å². The Labute approximate surface area is 82.7 Å². The molecule has 0 bridgehead atoms. The fourth-order valence-corrected chi connectivity index (χ4v) is 1.04. The van der Waals surface area contributed by atoms with Gasteiger partial charge < -0.3 is 4.84 Å². The number of nitrogens with zero attached hydrogens (tertiary/aromatic N) is 1. The summed E-state index contributed by atoms with van der Waals surface area (Å²) in [6.45, 7) is 0.229. The Bertz CT molecular complexity index is 395. The Morgan fingerprint density at radius 3 is 2.64 bits per heavy atom. The highest BCUT2D eigenvalue weighted by atomic mass is 32.2. The van der Waals surface area contributed by atoms with Crippen molar-refractivity contribution in [3.05, 3.63) is 20.8 Å². The molecule has 76 valence electrons. The van der Waals surface area contributed by atoms with Crippen LogP contribution in [0.25, 0.3) is 0 Å². The molecule has 14 heavy (non-hydrogen) atoms. The molecule has 6 nitrogen and oxygen atoms in total. The highest BCUT2D eigenvalue weighted by molar-refractivity contribution is 7.99. The number of hydrogen-bond donors (Lipinski definition) is 0. The van der Waals surface area contributed by atoms with E-state index in [2.05, 4.69) is 15.0 Å². The normalized spacial score (nSPS) is 9.64. The van der Waals surface area contributed by atoms with Gasteiger partial charge in [-0.2, -0.15) is 0 Å². The summed E-state index contributed by atoms with van der Waals surface area (Å²) >= 11 is 1.47. The van der Waals surface area contributed by atoms with Crippen LogP contribution in [0.2, 0.25) is 0 Å². The molecule has 0 saturated heterocycles. The molecule has 0 aliphatic carbocycles. The molecule has 1 aromatic heterocycles. The average Bonchev–Trinajstić information content (AvgIpc) is 2.46. The lowest BCUT2D eigenvalue weighted by Gasteiger charge is -1.98. The van der Waals surface area contributed by atoms with Crippen LogP contribution in [0.1, 0.15) is 0 Å². The Balaban J connectivity index is 2.29. The van der Waals surface area contributed by atoms with Crippen molar-refractivity contribution >= 4 is 11.8 Å². The molecule has 1 heterocycles. The summed E-state index contributed by atoms with van der Waals surface area (Å²) in [5.74, 6) is 3.61. The highest BCUT2D eigenvalue weighted by Gasteiger charge is 2.04. The maximum absolute atomic E-state index is 10.5. The van der Waals surface area contributed by atoms with Crippen molar-refractivity contribution in [1.29, 1.82) is 0 Å². The molecule has 0 radical (unpaired) electrons. The van der Waals surface area contributed by atoms with Crippen molar-refractivity contribution in [3.63, 3.8) is 0 Å². The van der Waals surface area contributed by atoms with E-state index in [1.165, 1.54) is 11.8 Å². The van der Waals surface area contributed by atoms with Crippen molar-refractivity contribution < 1.29 is 13.9 Å². The largest absolute Gasteiger partial charge is 0.449 e. The van der Waals surface area contributed by atoms with E-state index < -0.39 is 11.3 Å². The fraction of sp³-hybridized carbons (Fsp3) is 0.429. The van der Waals surface area contributed by atoms with Gasteiger partial charge >= 0.3 is 11.3 Å². The summed E-state index contributed by atoms with van der Waals surface area (Å²) < 4.78 is 8.46. The monoisotopic (exact) mass is 217 g/mol. The summed E-state index contributed by atoms with van der Waals surface area (Å²) in [6, 6.07) is 0. The molecule has 0 aliphatic rings. The molecular formula is C7H7NO5S. The zero-order valence-electron chi connectivity index (χ0n) is 7.10. The van der Waals surface area contributed by atoms with Gasteiger partial charge in [0.25, 0.3) is 0 Å². The Morgan fingerprint density at radius 1 is 1.43 bits per heavy atom. The van der Waals surface area contributed by atoms with Gasteiger partial charge in [-0.05, 0) is 0 Å². The van der Waals surface area contributed by atoms with Crippen molar-refractivity contribution in [2.24, 2.45) is 0 Å². The van der Waals surface area contributed by atoms with E-state index in [1.54, 1.807) is 0 Å². The lowest BCUT2D eigenvalue weighted by Crippen LogP contribution is -2.14. The maximum Gasteiger partial charge on any atom is 0.449 e. The van der Waals surface area contributed by atoms with Crippen LogP contribution < -0.4 is 16.1 Å². The van der Waals surface area contributed by atoms with Crippen LogP contribution in [0, 0.1) is 12.3 Å². The third kappa shape index (κ3) is 3.06. The molecule has 0 N–H and O–H groups in total. The molecule has 0 unspecified atom stereocenters. The highest BCUT2D eigenvalue weighted by Crippen LogP contribution is 1.95. The number of terminal acetylenes is 1. The fourth-order valence-electron chi connectivity index (χ4n) is 0.583. The third-order valence-corrected chi connectivity index (χ3v) is 1.92. The van der Waals surface area contributed by atoms with E-state index >= 15 is 0 Å². The van der Waals surface area contributed by atoms with Crippen LogP contribution in [0.4, 0.5) is 0 Å². The van der Waals surface area contributed by atoms with Gasteiger partial charge in [-0.3, -0.25) is 9.05 Å². The summed E-state index contributed by atoms with van der Waals surface area (Å²) in [5.41, 5.74) is -2.19. The van der Waals surface area contributed by atoms with Gasteiger partial charge in [0.05, 0.1) is 5.75 Å². The standard InChI is InChI=1S/C7H7NO5S/c1-2-4-14-5-3-11-8-12-6(9)7(10)13-8/h1H,3-5H2. The van der Waals surface area contributed by atoms with Gasteiger partial charge in [0.2, 0.25) is 0 Å². The molecule has 0 fully saturated rings. The van der Waals surface area contributed by atoms with Gasteiger partial charge in [0.15, 0.2) is 0 Å². The number of hydrogen-bond acceptors (Lipinski definition) is 6. The smallest absolute Gasteiger partial charge is 0.357 e. The zero-order chi connectivity index (χ0) is 10.4. The van der Waals surface area contributed by atoms with Gasteiger partial charge in [0, 0.05) is 5.75 Å². The second kappa shape index (κ2) is 5.24. The third-order valence-electron chi connectivity index (χ3n) is 1.09. The van der Waals surface area contributed by atoms with Crippen molar-refractivity contribution in [2.45, 2.75) is 0 Å². The van der Waals surface area contributed by atoms with Crippen LogP contribution in [0.3, 0.4) is 0 Å². The summed E-state index contributed by atoms with van der Waals surface area (Å²) in [6.07, 6.45) is 5.01. The van der Waals surface area contributed by atoms with Gasteiger partial charge in [-0.1, -0.05) is 5.92 Å². The van der Waals surface area contributed by atoms with E-state index in [0.29, 0.717) is 16.6 Å². The molecule has 1 rings (SSSR count). The SMILES string of the molecule is C#CCSCCOn1oc(=O)c(=O)o1. The molecule has 0 atom stereocenters. The Hall–Kier alpha value is -1.55. The lowest BCUT2D eigenvalue weighted by molar-refractivity contribution is -0.140. The maximum atomic E-state index is 10.5. The van der Waals surface area contributed by atoms with Crippen molar-refractivity contribution in [1.82, 2.24) is 5.08 Å². The van der Waals surface area contributed by atoms with Crippen LogP contribution in [0.5, 0.6) is 0 Å². The van der Waals surface area contributed by atoms with Crippen LogP contribution >= 0.6 is 11.8 Å². The quantitative estimate of drug-likeness (QED) is 0.365. The summed E-state index contributed by atoms with van der Waals surface area (Å²) in [7, 11) is 0. The number of aromatic nitrogens is 1. The molecule has 0 amide bonds. The Kier molecular flexibility index (Phi) is 3.94. The molecule has 0 spiro atoms. The first-order valence-electron chi connectivity index (χ1n) is 3.62. The van der Waals surface area contributed by atoms with E-state index in [9.17, 15) is 9.59 Å². The minimum absolute atomic E-state index is 0.229. The second-order valence-corrected chi connectivity index (χ2v) is 3.18. The van der Waals surface area contributed by atoms with Crippen molar-refractivity contribution in [3.8, 4) is 12.3 Å². The van der Waals surface area contributed by atoms with E-state index in [1.807, 2.05) is 0 Å². The second-order valence-electron chi connectivity index (χ2n) is 2.07. The number of rotatable bonds is 5. The van der Waals surface area contributed by atoms with Crippen LogP contribution in [-0.2, 0) is 0 Å². The first-order chi connectivity index (χ1) is 6.74. The van der Waals surface area contributed by atoms with Crippen molar-refractivity contribution in [2.75, 3.05) is 18.1 Å². The molecule has 0 aliphatic heterocycles. The van der Waals surface area contributed by atoms with Gasteiger partial charge in [-0.15, -0.1) is 18.2 Å². The van der Waals surface area contributed by atoms with Crippen LogP contribution in [0.15, 0.2) is 18.6 Å². The topological polar surface area (TPSA) is 74.6 Å². The van der Waals surface area contributed by atoms with Gasteiger partial charge in [0.1, 0.15) is 11.7 Å². The van der Waals surface area contributed by atoms with E-state index in [4.69, 9.17) is 11.3 Å². The van der Waals surface area contributed by atoms with Crippen LogP contribution in [-0.4, -0.2) is 23.2 Å². The summed E-state index contributed by atoms with van der Waals surface area (Å²) in [5, 5.41) is 0.390.